The van der Waals surface area contributed by atoms with E-state index in [1.807, 2.05) is 6.07 Å². The fourth-order valence-electron chi connectivity index (χ4n) is 3.36. The molecule has 1 aliphatic carbocycles. The molecule has 28 heavy (non-hydrogen) atoms. The van der Waals surface area contributed by atoms with Gasteiger partial charge in [0.05, 0.1) is 17.0 Å². The second kappa shape index (κ2) is 9.29. The number of methoxy groups -OCH3 is 1. The lowest BCUT2D eigenvalue weighted by atomic mass is 10.0. The Morgan fingerprint density at radius 1 is 1.14 bits per heavy atom. The van der Waals surface area contributed by atoms with E-state index in [4.69, 9.17) is 16.3 Å². The molecular weight excluding hydrogens is 418 g/mol. The van der Waals surface area contributed by atoms with Crippen LogP contribution in [-0.2, 0) is 26.6 Å². The Kier molecular flexibility index (Phi) is 7.01. The number of anilines is 1. The molecule has 0 aliphatic heterocycles. The summed E-state index contributed by atoms with van der Waals surface area (Å²) in [6, 6.07) is 11.4. The largest absolute Gasteiger partial charge is 0.495 e. The van der Waals surface area contributed by atoms with Gasteiger partial charge in [0, 0.05) is 27.5 Å². The standard InChI is InChI=1S/C20H24ClNO4S2/c1-26-20-11-10-18(13-19(20)21)28(24,25)22-16-7-5-6-15(12-16)14-27(23)17-8-3-2-4-9-17/h5-7,10-13,17,22H,2-4,8-9,14H2,1H3. The minimum absolute atomic E-state index is 0.0504. The summed E-state index contributed by atoms with van der Waals surface area (Å²) in [4.78, 5) is 0.0504. The second-order valence-electron chi connectivity index (χ2n) is 6.89. The molecule has 1 unspecified atom stereocenters. The van der Waals surface area contributed by atoms with Gasteiger partial charge in [0.2, 0.25) is 0 Å². The molecule has 1 aliphatic rings. The van der Waals surface area contributed by atoms with Crippen LogP contribution in [0.4, 0.5) is 5.69 Å². The first kappa shape index (κ1) is 21.1. The van der Waals surface area contributed by atoms with Crippen LogP contribution in [0.1, 0.15) is 37.7 Å². The molecule has 1 saturated carbocycles. The van der Waals surface area contributed by atoms with Crippen molar-refractivity contribution in [2.45, 2.75) is 48.0 Å². The summed E-state index contributed by atoms with van der Waals surface area (Å²) < 4.78 is 45.6. The fraction of sp³-hybridized carbons (Fsp3) is 0.400. The minimum Gasteiger partial charge on any atom is -0.495 e. The number of ether oxygens (including phenoxy) is 1. The molecule has 5 nitrogen and oxygen atoms in total. The number of benzene rings is 2. The number of rotatable bonds is 7. The second-order valence-corrected chi connectivity index (χ2v) is 10.7. The third kappa shape index (κ3) is 5.27. The molecule has 0 amide bonds. The van der Waals surface area contributed by atoms with Gasteiger partial charge in [-0.25, -0.2) is 8.42 Å². The molecule has 0 radical (unpaired) electrons. The van der Waals surface area contributed by atoms with Crippen molar-refractivity contribution in [2.75, 3.05) is 11.8 Å². The highest BCUT2D eigenvalue weighted by molar-refractivity contribution is 7.92. The molecule has 0 saturated heterocycles. The first-order valence-corrected chi connectivity index (χ1v) is 12.5. The van der Waals surface area contributed by atoms with E-state index in [1.54, 1.807) is 18.2 Å². The first-order valence-electron chi connectivity index (χ1n) is 9.21. The van der Waals surface area contributed by atoms with Gasteiger partial charge in [0.1, 0.15) is 5.75 Å². The fourth-order valence-corrected chi connectivity index (χ4v) is 6.36. The Labute approximate surface area is 174 Å². The molecule has 8 heteroatoms. The van der Waals surface area contributed by atoms with Gasteiger partial charge in [-0.2, -0.15) is 0 Å². The third-order valence-electron chi connectivity index (χ3n) is 4.85. The normalized spacial score (nSPS) is 16.5. The van der Waals surface area contributed by atoms with Gasteiger partial charge in [-0.05, 0) is 48.7 Å². The average molecular weight is 442 g/mol. The van der Waals surface area contributed by atoms with Gasteiger partial charge >= 0.3 is 0 Å². The molecule has 2 aromatic rings. The van der Waals surface area contributed by atoms with Crippen LogP contribution in [0.15, 0.2) is 47.4 Å². The summed E-state index contributed by atoms with van der Waals surface area (Å²) in [6.07, 6.45) is 5.52. The van der Waals surface area contributed by atoms with Crippen LogP contribution in [-0.4, -0.2) is 25.0 Å². The minimum atomic E-state index is -3.79. The van der Waals surface area contributed by atoms with Gasteiger partial charge in [-0.3, -0.25) is 8.93 Å². The van der Waals surface area contributed by atoms with Crippen molar-refractivity contribution in [1.82, 2.24) is 0 Å². The maximum absolute atomic E-state index is 12.7. The van der Waals surface area contributed by atoms with Gasteiger partial charge in [-0.1, -0.05) is 43.0 Å². The van der Waals surface area contributed by atoms with E-state index in [9.17, 15) is 12.6 Å². The third-order valence-corrected chi connectivity index (χ3v) is 8.35. The van der Waals surface area contributed by atoms with E-state index < -0.39 is 20.8 Å². The maximum atomic E-state index is 12.7. The van der Waals surface area contributed by atoms with Crippen LogP contribution in [0.3, 0.4) is 0 Å². The van der Waals surface area contributed by atoms with Gasteiger partial charge in [-0.15, -0.1) is 0 Å². The molecule has 0 heterocycles. The highest BCUT2D eigenvalue weighted by atomic mass is 35.5. The molecule has 2 aromatic carbocycles. The summed E-state index contributed by atoms with van der Waals surface area (Å²) in [6.45, 7) is 0. The Morgan fingerprint density at radius 3 is 2.57 bits per heavy atom. The zero-order valence-electron chi connectivity index (χ0n) is 15.7. The van der Waals surface area contributed by atoms with Crippen LogP contribution >= 0.6 is 11.6 Å². The average Bonchev–Trinajstić information content (AvgIpc) is 2.68. The monoisotopic (exact) mass is 441 g/mol. The van der Waals surface area contributed by atoms with Gasteiger partial charge in [0.15, 0.2) is 0 Å². The molecule has 1 atom stereocenters. The van der Waals surface area contributed by atoms with E-state index in [2.05, 4.69) is 4.72 Å². The molecule has 0 aromatic heterocycles. The molecule has 0 bridgehead atoms. The molecule has 0 spiro atoms. The Hall–Kier alpha value is -1.57. The lowest BCUT2D eigenvalue weighted by Crippen LogP contribution is -2.20. The van der Waals surface area contributed by atoms with E-state index in [0.717, 1.165) is 31.2 Å². The smallest absolute Gasteiger partial charge is 0.261 e. The number of hydrogen-bond donors (Lipinski definition) is 1. The lowest BCUT2D eigenvalue weighted by molar-refractivity contribution is 0.414. The Morgan fingerprint density at radius 2 is 1.89 bits per heavy atom. The highest BCUT2D eigenvalue weighted by Gasteiger charge is 2.20. The Balaban J connectivity index is 1.72. The van der Waals surface area contributed by atoms with Crippen LogP contribution in [0.5, 0.6) is 5.75 Å². The van der Waals surface area contributed by atoms with Crippen molar-refractivity contribution in [3.63, 3.8) is 0 Å². The summed E-state index contributed by atoms with van der Waals surface area (Å²) in [5.74, 6) is 0.849. The van der Waals surface area contributed by atoms with Crippen LogP contribution in [0.25, 0.3) is 0 Å². The van der Waals surface area contributed by atoms with Crippen molar-refractivity contribution in [1.29, 1.82) is 0 Å². The number of halogens is 1. The molecule has 1 fully saturated rings. The molecule has 1 N–H and O–H groups in total. The van der Waals surface area contributed by atoms with Crippen molar-refractivity contribution in [2.24, 2.45) is 0 Å². The number of sulfonamides is 1. The first-order chi connectivity index (χ1) is 13.4. The van der Waals surface area contributed by atoms with E-state index >= 15 is 0 Å². The topological polar surface area (TPSA) is 72.5 Å². The molecule has 3 rings (SSSR count). The molecule has 152 valence electrons. The summed E-state index contributed by atoms with van der Waals surface area (Å²) in [7, 11) is -3.26. The Bertz CT molecular complexity index is 956. The molecular formula is C20H24ClNO4S2. The predicted octanol–water partition coefficient (Wildman–Crippen LogP) is 4.73. The maximum Gasteiger partial charge on any atom is 0.261 e. The van der Waals surface area contributed by atoms with Crippen LogP contribution in [0.2, 0.25) is 5.02 Å². The van der Waals surface area contributed by atoms with Crippen molar-refractivity contribution in [3.05, 3.63) is 53.1 Å². The van der Waals surface area contributed by atoms with E-state index in [0.29, 0.717) is 17.2 Å². The number of nitrogens with one attached hydrogen (secondary N) is 1. The zero-order valence-corrected chi connectivity index (χ0v) is 18.1. The van der Waals surface area contributed by atoms with Crippen molar-refractivity contribution >= 4 is 38.1 Å². The quantitative estimate of drug-likeness (QED) is 0.674. The summed E-state index contributed by atoms with van der Waals surface area (Å²) in [5.41, 5.74) is 1.29. The number of hydrogen-bond acceptors (Lipinski definition) is 4. The zero-order chi connectivity index (χ0) is 20.1. The highest BCUT2D eigenvalue weighted by Crippen LogP contribution is 2.28. The van der Waals surface area contributed by atoms with E-state index in [1.165, 1.54) is 31.7 Å². The van der Waals surface area contributed by atoms with Crippen LogP contribution < -0.4 is 9.46 Å². The summed E-state index contributed by atoms with van der Waals surface area (Å²) in [5, 5.41) is 0.470. The van der Waals surface area contributed by atoms with Crippen molar-refractivity contribution < 1.29 is 17.4 Å². The van der Waals surface area contributed by atoms with Crippen molar-refractivity contribution in [3.8, 4) is 5.75 Å². The SMILES string of the molecule is COc1ccc(S(=O)(=O)Nc2cccc(CS(=O)C3CCCCC3)c2)cc1Cl. The van der Waals surface area contributed by atoms with Gasteiger partial charge in [0.25, 0.3) is 10.0 Å². The predicted molar refractivity (Wildman–Crippen MR) is 114 cm³/mol. The summed E-state index contributed by atoms with van der Waals surface area (Å²) >= 11 is 6.04. The van der Waals surface area contributed by atoms with E-state index in [-0.39, 0.29) is 15.2 Å². The van der Waals surface area contributed by atoms with Gasteiger partial charge < -0.3 is 4.74 Å². The lowest BCUT2D eigenvalue weighted by Gasteiger charge is -2.21. The van der Waals surface area contributed by atoms with Crippen LogP contribution in [0, 0.1) is 0 Å².